The van der Waals surface area contributed by atoms with E-state index in [0.29, 0.717) is 11.5 Å². The monoisotopic (exact) mass is 491 g/mol. The number of benzene rings is 1. The highest BCUT2D eigenvalue weighted by atomic mass is 32.2. The summed E-state index contributed by atoms with van der Waals surface area (Å²) >= 11 is 0. The summed E-state index contributed by atoms with van der Waals surface area (Å²) in [5.41, 5.74) is -0.598. The maximum Gasteiger partial charge on any atom is 0.433 e. The van der Waals surface area contributed by atoms with Crippen molar-refractivity contribution in [2.24, 2.45) is 5.92 Å². The van der Waals surface area contributed by atoms with Gasteiger partial charge in [-0.1, -0.05) is 12.1 Å². The number of halogens is 3. The molecule has 2 heterocycles. The molecule has 0 spiro atoms. The number of hydrogen-bond acceptors (Lipinski definition) is 7. The molecule has 34 heavy (non-hydrogen) atoms. The van der Waals surface area contributed by atoms with Crippen LogP contribution in [0, 0.1) is 5.92 Å². The summed E-state index contributed by atoms with van der Waals surface area (Å²) in [7, 11) is -3.41. The molecule has 7 nitrogen and oxygen atoms in total. The molecule has 11 heteroatoms. The van der Waals surface area contributed by atoms with Crippen molar-refractivity contribution in [1.82, 2.24) is 15.0 Å². The van der Waals surface area contributed by atoms with Gasteiger partial charge in [-0.05, 0) is 62.9 Å². The van der Waals surface area contributed by atoms with E-state index in [0.717, 1.165) is 18.9 Å². The van der Waals surface area contributed by atoms with Gasteiger partial charge in [0, 0.05) is 17.8 Å². The first-order valence-corrected chi connectivity index (χ1v) is 12.4. The van der Waals surface area contributed by atoms with E-state index in [9.17, 15) is 21.6 Å². The summed E-state index contributed by atoms with van der Waals surface area (Å²) < 4.78 is 64.7. The zero-order valence-electron chi connectivity index (χ0n) is 18.6. The highest BCUT2D eigenvalue weighted by Gasteiger charge is 2.33. The first-order chi connectivity index (χ1) is 16.0. The van der Waals surface area contributed by atoms with Crippen LogP contribution in [0.4, 0.5) is 30.5 Å². The average Bonchev–Trinajstić information content (AvgIpc) is 3.56. The molecule has 1 aliphatic carbocycles. The first-order valence-electron chi connectivity index (χ1n) is 10.8. The zero-order valence-corrected chi connectivity index (χ0v) is 19.4. The molecule has 0 saturated heterocycles. The standard InChI is InChI=1S/C23H24F3N5O2S/c1-14(2)27-20-12-21(31-22(30-20)18-7-4-8-19(29-18)23(24,25)26)28-16-5-3-6-17(11-16)34(32,33)13-15-9-10-15/h3-8,11-12,14-15H,9-10,13H2,1-2H3,(H2,27,28,30,31). The molecule has 1 saturated carbocycles. The fraction of sp³-hybridized carbons (Fsp3) is 0.348. The minimum Gasteiger partial charge on any atom is -0.368 e. The van der Waals surface area contributed by atoms with Gasteiger partial charge < -0.3 is 10.6 Å². The predicted molar refractivity (Wildman–Crippen MR) is 124 cm³/mol. The molecule has 1 aromatic carbocycles. The third kappa shape index (κ3) is 6.02. The lowest BCUT2D eigenvalue weighted by atomic mass is 10.2. The number of anilines is 3. The quantitative estimate of drug-likeness (QED) is 0.441. The molecule has 2 N–H and O–H groups in total. The van der Waals surface area contributed by atoms with Crippen LogP contribution in [0.25, 0.3) is 11.5 Å². The van der Waals surface area contributed by atoms with Crippen molar-refractivity contribution in [1.29, 1.82) is 0 Å². The molecule has 0 unspecified atom stereocenters. The maximum absolute atomic E-state index is 13.1. The number of nitrogens with zero attached hydrogens (tertiary/aromatic N) is 3. The van der Waals surface area contributed by atoms with Crippen LogP contribution >= 0.6 is 0 Å². The van der Waals surface area contributed by atoms with E-state index in [1.165, 1.54) is 18.2 Å². The van der Waals surface area contributed by atoms with Gasteiger partial charge in [-0.25, -0.2) is 23.4 Å². The minimum absolute atomic E-state index is 0.000892. The fourth-order valence-corrected chi connectivity index (χ4v) is 5.06. The number of rotatable bonds is 8. The molecule has 0 bridgehead atoms. The molecule has 1 aliphatic rings. The van der Waals surface area contributed by atoms with Gasteiger partial charge >= 0.3 is 6.18 Å². The van der Waals surface area contributed by atoms with Crippen LogP contribution in [0.15, 0.2) is 53.4 Å². The Morgan fingerprint density at radius 3 is 2.38 bits per heavy atom. The van der Waals surface area contributed by atoms with Crippen molar-refractivity contribution in [3.8, 4) is 11.5 Å². The van der Waals surface area contributed by atoms with Gasteiger partial charge in [0.05, 0.1) is 10.6 Å². The van der Waals surface area contributed by atoms with Crippen LogP contribution < -0.4 is 10.6 Å². The van der Waals surface area contributed by atoms with Crippen molar-refractivity contribution in [2.45, 2.75) is 43.8 Å². The molecular formula is C23H24F3N5O2S. The van der Waals surface area contributed by atoms with E-state index < -0.39 is 21.7 Å². The van der Waals surface area contributed by atoms with Crippen molar-refractivity contribution >= 4 is 27.2 Å². The second-order valence-electron chi connectivity index (χ2n) is 8.54. The van der Waals surface area contributed by atoms with E-state index in [-0.39, 0.29) is 39.9 Å². The van der Waals surface area contributed by atoms with Gasteiger partial charge in [0.15, 0.2) is 15.7 Å². The molecular weight excluding hydrogens is 467 g/mol. The van der Waals surface area contributed by atoms with Gasteiger partial charge in [-0.3, -0.25) is 0 Å². The van der Waals surface area contributed by atoms with E-state index in [4.69, 9.17) is 0 Å². The number of aromatic nitrogens is 3. The Hall–Kier alpha value is -3.21. The van der Waals surface area contributed by atoms with Crippen LogP contribution in [0.3, 0.4) is 0 Å². The number of pyridine rings is 1. The third-order valence-corrected chi connectivity index (χ3v) is 6.93. The summed E-state index contributed by atoms with van der Waals surface area (Å²) in [5, 5.41) is 6.16. The fourth-order valence-electron chi connectivity index (χ4n) is 3.32. The van der Waals surface area contributed by atoms with Gasteiger partial charge in [0.1, 0.15) is 23.0 Å². The highest BCUT2D eigenvalue weighted by Crippen LogP contribution is 2.33. The smallest absolute Gasteiger partial charge is 0.368 e. The molecule has 3 aromatic rings. The van der Waals surface area contributed by atoms with Crippen molar-refractivity contribution in [3.63, 3.8) is 0 Å². The SMILES string of the molecule is CC(C)Nc1cc(Nc2cccc(S(=O)(=O)CC3CC3)c2)nc(-c2cccc(C(F)(F)F)n2)n1. The van der Waals surface area contributed by atoms with E-state index in [1.54, 1.807) is 24.3 Å². The van der Waals surface area contributed by atoms with Crippen molar-refractivity contribution in [3.05, 3.63) is 54.2 Å². The average molecular weight is 492 g/mol. The number of alkyl halides is 3. The Kier molecular flexibility index (Phi) is 6.48. The summed E-state index contributed by atoms with van der Waals surface area (Å²) in [4.78, 5) is 12.5. The second kappa shape index (κ2) is 9.21. The first kappa shape index (κ1) is 23.9. The lowest BCUT2D eigenvalue weighted by Crippen LogP contribution is -2.13. The van der Waals surface area contributed by atoms with Crippen LogP contribution in [0.2, 0.25) is 0 Å². The second-order valence-corrected chi connectivity index (χ2v) is 10.6. The lowest BCUT2D eigenvalue weighted by Gasteiger charge is -2.14. The molecule has 0 amide bonds. The number of sulfone groups is 1. The van der Waals surface area contributed by atoms with Gasteiger partial charge in [0.25, 0.3) is 0 Å². The summed E-state index contributed by atoms with van der Waals surface area (Å²) in [6.07, 6.45) is -2.75. The molecule has 0 radical (unpaired) electrons. The number of hydrogen-bond donors (Lipinski definition) is 2. The van der Waals surface area contributed by atoms with Crippen molar-refractivity contribution in [2.75, 3.05) is 16.4 Å². The molecule has 2 aromatic heterocycles. The predicted octanol–water partition coefficient (Wildman–Crippen LogP) is 5.31. The van der Waals surface area contributed by atoms with Crippen LogP contribution in [0.1, 0.15) is 32.4 Å². The number of nitrogens with one attached hydrogen (secondary N) is 2. The normalized spacial score (nSPS) is 14.3. The summed E-state index contributed by atoms with van der Waals surface area (Å²) in [6, 6.07) is 11.5. The van der Waals surface area contributed by atoms with Crippen LogP contribution in [-0.4, -0.2) is 35.2 Å². The third-order valence-electron chi connectivity index (χ3n) is 5.05. The Labute approximate surface area is 195 Å². The highest BCUT2D eigenvalue weighted by molar-refractivity contribution is 7.91. The Morgan fingerprint density at radius 1 is 1.00 bits per heavy atom. The van der Waals surface area contributed by atoms with Crippen molar-refractivity contribution < 1.29 is 21.6 Å². The lowest BCUT2D eigenvalue weighted by molar-refractivity contribution is -0.141. The zero-order chi connectivity index (χ0) is 24.5. The Balaban J connectivity index is 1.68. The van der Waals surface area contributed by atoms with Crippen LogP contribution in [-0.2, 0) is 16.0 Å². The maximum atomic E-state index is 13.1. The Morgan fingerprint density at radius 2 is 1.71 bits per heavy atom. The van der Waals surface area contributed by atoms with Gasteiger partial charge in [-0.2, -0.15) is 13.2 Å². The summed E-state index contributed by atoms with van der Waals surface area (Å²) in [6.45, 7) is 3.79. The molecule has 0 aliphatic heterocycles. The molecule has 0 atom stereocenters. The topological polar surface area (TPSA) is 96.9 Å². The van der Waals surface area contributed by atoms with E-state index in [1.807, 2.05) is 13.8 Å². The molecule has 4 rings (SSSR count). The van der Waals surface area contributed by atoms with Crippen LogP contribution in [0.5, 0.6) is 0 Å². The largest absolute Gasteiger partial charge is 0.433 e. The molecule has 180 valence electrons. The Bertz CT molecular complexity index is 1290. The van der Waals surface area contributed by atoms with Gasteiger partial charge in [0.2, 0.25) is 0 Å². The van der Waals surface area contributed by atoms with E-state index >= 15 is 0 Å². The summed E-state index contributed by atoms with van der Waals surface area (Å²) in [5.74, 6) is 1.01. The molecule has 1 fully saturated rings. The van der Waals surface area contributed by atoms with E-state index in [2.05, 4.69) is 25.6 Å². The van der Waals surface area contributed by atoms with Gasteiger partial charge in [-0.15, -0.1) is 0 Å². The minimum atomic E-state index is -4.60.